The van der Waals surface area contributed by atoms with Crippen molar-refractivity contribution in [3.05, 3.63) is 46.3 Å². The molecule has 1 aromatic carbocycles. The van der Waals surface area contributed by atoms with Gasteiger partial charge in [-0.15, -0.1) is 0 Å². The number of nitrogens with zero attached hydrogens (tertiary/aromatic N) is 6. The molecule has 7 nitrogen and oxygen atoms in total. The summed E-state index contributed by atoms with van der Waals surface area (Å²) in [5.74, 6) is -3.50. The summed E-state index contributed by atoms with van der Waals surface area (Å²) < 4.78 is 90.4. The van der Waals surface area contributed by atoms with E-state index in [1.54, 1.807) is 0 Å². The average Bonchev–Trinajstić information content (AvgIpc) is 3.52. The molecule has 6 rings (SSSR count). The molecule has 0 bridgehead atoms. The summed E-state index contributed by atoms with van der Waals surface area (Å²) in [6.45, 7) is 7.85. The number of benzene rings is 1. The molecule has 14 heteroatoms. The molecule has 4 atom stereocenters. The summed E-state index contributed by atoms with van der Waals surface area (Å²) in [5, 5.41) is 0.0630. The van der Waals surface area contributed by atoms with E-state index in [0.717, 1.165) is 31.3 Å². The van der Waals surface area contributed by atoms with Crippen LogP contribution < -0.4 is 4.90 Å². The summed E-state index contributed by atoms with van der Waals surface area (Å²) in [7, 11) is 0. The van der Waals surface area contributed by atoms with E-state index >= 15 is 0 Å². The van der Waals surface area contributed by atoms with Gasteiger partial charge in [-0.3, -0.25) is 4.90 Å². The Labute approximate surface area is 250 Å². The second kappa shape index (κ2) is 11.1. The van der Waals surface area contributed by atoms with Crippen molar-refractivity contribution >= 4 is 28.6 Å². The van der Waals surface area contributed by atoms with Crippen LogP contribution in [0.1, 0.15) is 62.5 Å². The molecule has 3 aliphatic rings. The van der Waals surface area contributed by atoms with Crippen molar-refractivity contribution in [1.29, 1.82) is 0 Å². The smallest absolute Gasteiger partial charge is 0.376 e. The fraction of sp³-hybridized carbons (Fsp3) is 0.621. The van der Waals surface area contributed by atoms with Gasteiger partial charge in [0, 0.05) is 50.7 Å². The molecule has 0 radical (unpaired) electrons. The fourth-order valence-electron chi connectivity index (χ4n) is 6.93. The minimum absolute atomic E-state index is 0.0571. The lowest BCUT2D eigenvalue weighted by Gasteiger charge is -2.52. The zero-order valence-electron chi connectivity index (χ0n) is 24.0. The second-order valence-corrected chi connectivity index (χ2v) is 12.5. The van der Waals surface area contributed by atoms with E-state index in [1.165, 1.54) is 6.07 Å². The minimum Gasteiger partial charge on any atom is -0.376 e. The Balaban J connectivity index is 1.31. The molecule has 3 aromatic rings. The Hall–Kier alpha value is -2.64. The van der Waals surface area contributed by atoms with Crippen molar-refractivity contribution in [1.82, 2.24) is 24.4 Å². The minimum atomic E-state index is -4.85. The Morgan fingerprint density at radius 3 is 2.47 bits per heavy atom. The Morgan fingerprint density at radius 2 is 1.84 bits per heavy atom. The normalized spacial score (nSPS) is 25.8. The number of rotatable bonds is 6. The van der Waals surface area contributed by atoms with Gasteiger partial charge >= 0.3 is 6.18 Å². The number of alkyl halides is 5. The monoisotopic (exact) mass is 630 g/mol. The van der Waals surface area contributed by atoms with Gasteiger partial charge in [-0.05, 0) is 68.8 Å². The van der Waals surface area contributed by atoms with Crippen molar-refractivity contribution in [3.63, 3.8) is 0 Å². The predicted octanol–water partition coefficient (Wildman–Crippen LogP) is 6.81. The highest BCUT2D eigenvalue weighted by molar-refractivity contribution is 6.28. The van der Waals surface area contributed by atoms with Crippen LogP contribution in [0.5, 0.6) is 0 Å². The van der Waals surface area contributed by atoms with Crippen molar-refractivity contribution in [2.24, 2.45) is 5.92 Å². The molecular weight excluding hydrogens is 598 g/mol. The third-order valence-corrected chi connectivity index (χ3v) is 9.19. The summed E-state index contributed by atoms with van der Waals surface area (Å²) in [6, 6.07) is 1.63. The molecule has 4 heterocycles. The van der Waals surface area contributed by atoms with Gasteiger partial charge in [-0.1, -0.05) is 6.07 Å². The van der Waals surface area contributed by atoms with Gasteiger partial charge in [0.05, 0.1) is 18.2 Å². The van der Waals surface area contributed by atoms with Gasteiger partial charge in [0.15, 0.2) is 17.0 Å². The predicted molar refractivity (Wildman–Crippen MR) is 149 cm³/mol. The van der Waals surface area contributed by atoms with Crippen LogP contribution >= 0.6 is 11.6 Å². The van der Waals surface area contributed by atoms with Gasteiger partial charge in [-0.2, -0.15) is 23.1 Å². The number of imidazole rings is 1. The van der Waals surface area contributed by atoms with E-state index in [0.29, 0.717) is 42.7 Å². The number of hydrogen-bond donors (Lipinski definition) is 0. The highest BCUT2D eigenvalue weighted by atomic mass is 35.5. The quantitative estimate of drug-likeness (QED) is 0.220. The number of anilines is 1. The Morgan fingerprint density at radius 1 is 1.09 bits per heavy atom. The summed E-state index contributed by atoms with van der Waals surface area (Å²) in [5.41, 5.74) is 0.0704. The molecule has 234 valence electrons. The van der Waals surface area contributed by atoms with E-state index < -0.39 is 48.3 Å². The van der Waals surface area contributed by atoms with Crippen molar-refractivity contribution in [2.45, 2.75) is 89.3 Å². The SMILES string of the molecule is Cc1nc2c(N3C[C@@H](C)N(C(c4ccc(C(F)(F)F)c(F)c4)C4CC(F)(F)C4)C[C@@H]3C)nc(Cl)nc2n1CC1CCCO1. The van der Waals surface area contributed by atoms with Crippen LogP contribution in [0.25, 0.3) is 11.2 Å². The average molecular weight is 631 g/mol. The van der Waals surface area contributed by atoms with Crippen LogP contribution in [-0.4, -0.2) is 68.2 Å². The van der Waals surface area contributed by atoms with Crippen molar-refractivity contribution in [2.75, 3.05) is 24.6 Å². The molecule has 0 amide bonds. The lowest BCUT2D eigenvalue weighted by Crippen LogP contribution is -2.59. The first kappa shape index (κ1) is 30.4. The van der Waals surface area contributed by atoms with Gasteiger partial charge in [0.2, 0.25) is 11.2 Å². The zero-order valence-corrected chi connectivity index (χ0v) is 24.8. The van der Waals surface area contributed by atoms with Crippen LogP contribution in [0.2, 0.25) is 5.28 Å². The van der Waals surface area contributed by atoms with E-state index in [9.17, 15) is 26.3 Å². The number of aromatic nitrogens is 4. The molecule has 2 aliphatic heterocycles. The molecule has 43 heavy (non-hydrogen) atoms. The van der Waals surface area contributed by atoms with Gasteiger partial charge < -0.3 is 14.2 Å². The number of ether oxygens (including phenoxy) is 1. The number of piperazine rings is 1. The fourth-order valence-corrected chi connectivity index (χ4v) is 7.09. The lowest BCUT2D eigenvalue weighted by molar-refractivity contribution is -0.140. The highest BCUT2D eigenvalue weighted by Gasteiger charge is 2.52. The van der Waals surface area contributed by atoms with Crippen LogP contribution in [0.15, 0.2) is 18.2 Å². The van der Waals surface area contributed by atoms with Crippen LogP contribution in [0.4, 0.5) is 32.2 Å². The molecule has 2 unspecified atom stereocenters. The maximum Gasteiger partial charge on any atom is 0.419 e. The maximum atomic E-state index is 14.7. The van der Waals surface area contributed by atoms with E-state index in [1.807, 2.05) is 30.2 Å². The summed E-state index contributed by atoms with van der Waals surface area (Å²) >= 11 is 6.42. The molecule has 2 aromatic heterocycles. The maximum absolute atomic E-state index is 14.7. The number of aryl methyl sites for hydroxylation is 1. The summed E-state index contributed by atoms with van der Waals surface area (Å²) in [6.07, 6.45) is -3.68. The van der Waals surface area contributed by atoms with E-state index in [4.69, 9.17) is 21.3 Å². The zero-order chi connectivity index (χ0) is 30.8. The Bertz CT molecular complexity index is 1500. The first-order valence-corrected chi connectivity index (χ1v) is 14.9. The van der Waals surface area contributed by atoms with E-state index in [2.05, 4.69) is 14.9 Å². The molecule has 1 aliphatic carbocycles. The first-order chi connectivity index (χ1) is 20.2. The van der Waals surface area contributed by atoms with Crippen molar-refractivity contribution < 1.29 is 31.1 Å². The molecule has 2 saturated heterocycles. The van der Waals surface area contributed by atoms with Gasteiger partial charge in [-0.25, -0.2) is 18.2 Å². The van der Waals surface area contributed by atoms with Gasteiger partial charge in [0.25, 0.3) is 0 Å². The summed E-state index contributed by atoms with van der Waals surface area (Å²) in [4.78, 5) is 17.9. The molecule has 1 saturated carbocycles. The first-order valence-electron chi connectivity index (χ1n) is 14.5. The largest absolute Gasteiger partial charge is 0.419 e. The molecule has 0 spiro atoms. The number of hydrogen-bond acceptors (Lipinski definition) is 6. The number of halogens is 7. The Kier molecular flexibility index (Phi) is 7.82. The van der Waals surface area contributed by atoms with Crippen LogP contribution in [0.3, 0.4) is 0 Å². The lowest BCUT2D eigenvalue weighted by atomic mass is 9.73. The molecular formula is C29H33ClF6N6O. The molecule has 3 fully saturated rings. The van der Waals surface area contributed by atoms with Gasteiger partial charge in [0.1, 0.15) is 11.6 Å². The molecule has 0 N–H and O–H groups in total. The standard InChI is InChI=1S/C29H33ClF6N6O/c1-15-13-41(25-23-26(39-27(30)38-25)42(17(3)37-23)14-20-5-4-8-43-20)16(2)12-40(15)24(19-10-28(32,33)11-19)18-6-7-21(22(31)9-18)29(34,35)36/h6-7,9,15-16,19-20,24H,4-5,8,10-14H2,1-3H3/t15-,16+,20?,24?/m1/s1. The van der Waals surface area contributed by atoms with Crippen LogP contribution in [0, 0.1) is 18.7 Å². The highest BCUT2D eigenvalue weighted by Crippen LogP contribution is 2.51. The van der Waals surface area contributed by atoms with E-state index in [-0.39, 0.29) is 29.0 Å². The second-order valence-electron chi connectivity index (χ2n) is 12.1. The third kappa shape index (κ3) is 5.80. The topological polar surface area (TPSA) is 59.3 Å². The number of fused-ring (bicyclic) bond motifs is 1. The third-order valence-electron chi connectivity index (χ3n) is 9.02. The van der Waals surface area contributed by atoms with Crippen molar-refractivity contribution in [3.8, 4) is 0 Å². The van der Waals surface area contributed by atoms with Crippen LogP contribution in [-0.2, 0) is 17.5 Å².